The van der Waals surface area contributed by atoms with Crippen LogP contribution in [0.15, 0.2) is 42.7 Å². The third-order valence-electron chi connectivity index (χ3n) is 3.74. The van der Waals surface area contributed by atoms with E-state index in [1.54, 1.807) is 0 Å². The maximum Gasteiger partial charge on any atom is 0.325 e. The Bertz CT molecular complexity index is 642. The summed E-state index contributed by atoms with van der Waals surface area (Å²) in [5, 5.41) is 2.99. The normalized spacial score (nSPS) is 13.8. The van der Waals surface area contributed by atoms with Crippen molar-refractivity contribution < 1.29 is 9.53 Å². The zero-order valence-electron chi connectivity index (χ0n) is 12.9. The molecule has 23 heavy (non-hydrogen) atoms. The second-order valence-corrected chi connectivity index (χ2v) is 5.46. The van der Waals surface area contributed by atoms with E-state index in [4.69, 9.17) is 4.74 Å². The number of carbonyl (C=O) groups excluding carboxylic acids is 1. The second kappa shape index (κ2) is 7.58. The van der Waals surface area contributed by atoms with E-state index in [2.05, 4.69) is 20.2 Å². The number of aromatic nitrogens is 2. The van der Waals surface area contributed by atoms with Crippen LogP contribution < -0.4 is 10.2 Å². The SMILES string of the molecule is O=C(CNc1cc(N2CCCC2)ncn1)OCc1ccccc1. The Morgan fingerprint density at radius 3 is 2.74 bits per heavy atom. The lowest BCUT2D eigenvalue weighted by atomic mass is 10.2. The van der Waals surface area contributed by atoms with Gasteiger partial charge in [0.2, 0.25) is 0 Å². The zero-order valence-corrected chi connectivity index (χ0v) is 12.9. The first kappa shape index (κ1) is 15.3. The van der Waals surface area contributed by atoms with Crippen LogP contribution in [0.1, 0.15) is 18.4 Å². The van der Waals surface area contributed by atoms with Crippen molar-refractivity contribution in [3.63, 3.8) is 0 Å². The molecule has 0 atom stereocenters. The summed E-state index contributed by atoms with van der Waals surface area (Å²) in [5.41, 5.74) is 0.971. The first-order chi connectivity index (χ1) is 11.3. The molecule has 0 unspecified atom stereocenters. The topological polar surface area (TPSA) is 67.4 Å². The summed E-state index contributed by atoms with van der Waals surface area (Å²) in [6.07, 6.45) is 3.91. The molecule has 2 aromatic rings. The fraction of sp³-hybridized carbons (Fsp3) is 0.353. The molecule has 1 aromatic heterocycles. The minimum Gasteiger partial charge on any atom is -0.460 e. The van der Waals surface area contributed by atoms with Crippen LogP contribution in [0.2, 0.25) is 0 Å². The van der Waals surface area contributed by atoms with Crippen LogP contribution in [0.5, 0.6) is 0 Å². The Hall–Kier alpha value is -2.63. The Labute approximate surface area is 135 Å². The van der Waals surface area contributed by atoms with Crippen LogP contribution in [-0.4, -0.2) is 35.6 Å². The standard InChI is InChI=1S/C17H20N4O2/c22-17(23-12-14-6-2-1-3-7-14)11-18-15-10-16(20-13-19-15)21-8-4-5-9-21/h1-3,6-7,10,13H,4-5,8-9,11-12H2,(H,18,19,20). The van der Waals surface area contributed by atoms with Crippen molar-refractivity contribution >= 4 is 17.6 Å². The highest BCUT2D eigenvalue weighted by Gasteiger charge is 2.14. The van der Waals surface area contributed by atoms with Crippen LogP contribution in [0.3, 0.4) is 0 Å². The van der Waals surface area contributed by atoms with Crippen molar-refractivity contribution in [1.82, 2.24) is 9.97 Å². The van der Waals surface area contributed by atoms with Gasteiger partial charge >= 0.3 is 5.97 Å². The van der Waals surface area contributed by atoms with Gasteiger partial charge in [0.15, 0.2) is 0 Å². The molecule has 0 spiro atoms. The minimum absolute atomic E-state index is 0.0866. The molecule has 120 valence electrons. The molecule has 1 aliphatic rings. The van der Waals surface area contributed by atoms with Crippen LogP contribution >= 0.6 is 0 Å². The van der Waals surface area contributed by atoms with Crippen molar-refractivity contribution in [2.75, 3.05) is 29.9 Å². The van der Waals surface area contributed by atoms with E-state index in [-0.39, 0.29) is 19.1 Å². The number of ether oxygens (including phenoxy) is 1. The van der Waals surface area contributed by atoms with Gasteiger partial charge in [-0.15, -0.1) is 0 Å². The van der Waals surface area contributed by atoms with Gasteiger partial charge in [0.1, 0.15) is 31.1 Å². The summed E-state index contributed by atoms with van der Waals surface area (Å²) in [5.74, 6) is 1.23. The summed E-state index contributed by atoms with van der Waals surface area (Å²) in [6.45, 7) is 2.42. The first-order valence-corrected chi connectivity index (χ1v) is 7.82. The predicted octanol–water partition coefficient (Wildman–Crippen LogP) is 2.23. The summed E-state index contributed by atoms with van der Waals surface area (Å²) >= 11 is 0. The van der Waals surface area contributed by atoms with Crippen LogP contribution in [0.4, 0.5) is 11.6 Å². The maximum absolute atomic E-state index is 11.8. The van der Waals surface area contributed by atoms with E-state index in [1.165, 1.54) is 19.2 Å². The van der Waals surface area contributed by atoms with Crippen LogP contribution in [0, 0.1) is 0 Å². The molecule has 1 N–H and O–H groups in total. The molecule has 1 aliphatic heterocycles. The fourth-order valence-electron chi connectivity index (χ4n) is 2.51. The highest BCUT2D eigenvalue weighted by atomic mass is 16.5. The number of hydrogen-bond acceptors (Lipinski definition) is 6. The molecule has 1 aromatic carbocycles. The number of carbonyl (C=O) groups is 1. The predicted molar refractivity (Wildman–Crippen MR) is 88.2 cm³/mol. The molecule has 6 nitrogen and oxygen atoms in total. The third kappa shape index (κ3) is 4.42. The Morgan fingerprint density at radius 2 is 1.96 bits per heavy atom. The average Bonchev–Trinajstić information content (AvgIpc) is 3.14. The van der Waals surface area contributed by atoms with Crippen molar-refractivity contribution in [2.45, 2.75) is 19.4 Å². The summed E-state index contributed by atoms with van der Waals surface area (Å²) in [7, 11) is 0. The van der Waals surface area contributed by atoms with Gasteiger partial charge in [0.05, 0.1) is 0 Å². The van der Waals surface area contributed by atoms with Gasteiger partial charge in [-0.05, 0) is 18.4 Å². The zero-order chi connectivity index (χ0) is 15.9. The van der Waals surface area contributed by atoms with Gasteiger partial charge in [-0.3, -0.25) is 4.79 Å². The molecule has 6 heteroatoms. The molecule has 0 radical (unpaired) electrons. The first-order valence-electron chi connectivity index (χ1n) is 7.82. The lowest BCUT2D eigenvalue weighted by Crippen LogP contribution is -2.20. The second-order valence-electron chi connectivity index (χ2n) is 5.46. The van der Waals surface area contributed by atoms with Gasteiger partial charge in [-0.25, -0.2) is 9.97 Å². The largest absolute Gasteiger partial charge is 0.460 e. The van der Waals surface area contributed by atoms with Crippen LogP contribution in [0.25, 0.3) is 0 Å². The number of anilines is 2. The molecular formula is C17H20N4O2. The highest BCUT2D eigenvalue weighted by molar-refractivity contribution is 5.74. The molecular weight excluding hydrogens is 292 g/mol. The quantitative estimate of drug-likeness (QED) is 0.825. The monoisotopic (exact) mass is 312 g/mol. The number of benzene rings is 1. The van der Waals surface area contributed by atoms with E-state index in [9.17, 15) is 4.79 Å². The Balaban J connectivity index is 1.48. The highest BCUT2D eigenvalue weighted by Crippen LogP contribution is 2.19. The summed E-state index contributed by atoms with van der Waals surface area (Å²) in [4.78, 5) is 22.4. The average molecular weight is 312 g/mol. The number of esters is 1. The molecule has 3 rings (SSSR count). The maximum atomic E-state index is 11.8. The van der Waals surface area contributed by atoms with Crippen molar-refractivity contribution in [3.8, 4) is 0 Å². The smallest absolute Gasteiger partial charge is 0.325 e. The van der Waals surface area contributed by atoms with Crippen molar-refractivity contribution in [2.24, 2.45) is 0 Å². The van der Waals surface area contributed by atoms with E-state index in [0.717, 1.165) is 24.5 Å². The molecule has 1 fully saturated rings. The van der Waals surface area contributed by atoms with Crippen LogP contribution in [-0.2, 0) is 16.1 Å². The number of rotatable bonds is 6. The fourth-order valence-corrected chi connectivity index (χ4v) is 2.51. The van der Waals surface area contributed by atoms with Gasteiger partial charge in [-0.1, -0.05) is 30.3 Å². The Morgan fingerprint density at radius 1 is 1.17 bits per heavy atom. The van der Waals surface area contributed by atoms with Crippen molar-refractivity contribution in [3.05, 3.63) is 48.3 Å². The lowest BCUT2D eigenvalue weighted by molar-refractivity contribution is -0.142. The molecule has 2 heterocycles. The van der Waals surface area contributed by atoms with Gasteiger partial charge in [0.25, 0.3) is 0 Å². The number of hydrogen-bond donors (Lipinski definition) is 1. The van der Waals surface area contributed by atoms with E-state index in [0.29, 0.717) is 5.82 Å². The van der Waals surface area contributed by atoms with Gasteiger partial charge in [0, 0.05) is 19.2 Å². The van der Waals surface area contributed by atoms with E-state index in [1.807, 2.05) is 36.4 Å². The number of nitrogens with zero attached hydrogens (tertiary/aromatic N) is 3. The van der Waals surface area contributed by atoms with Gasteiger partial charge in [-0.2, -0.15) is 0 Å². The molecule has 0 saturated carbocycles. The number of nitrogens with one attached hydrogen (secondary N) is 1. The summed E-state index contributed by atoms with van der Waals surface area (Å²) < 4.78 is 5.22. The molecule has 0 aliphatic carbocycles. The van der Waals surface area contributed by atoms with E-state index < -0.39 is 0 Å². The third-order valence-corrected chi connectivity index (χ3v) is 3.74. The van der Waals surface area contributed by atoms with Crippen molar-refractivity contribution in [1.29, 1.82) is 0 Å². The van der Waals surface area contributed by atoms with E-state index >= 15 is 0 Å². The van der Waals surface area contributed by atoms with Gasteiger partial charge < -0.3 is 15.0 Å². The molecule has 1 saturated heterocycles. The molecule has 0 amide bonds. The lowest BCUT2D eigenvalue weighted by Gasteiger charge is -2.16. The molecule has 0 bridgehead atoms. The summed E-state index contributed by atoms with van der Waals surface area (Å²) in [6, 6.07) is 11.5. The Kier molecular flexibility index (Phi) is 5.03. The minimum atomic E-state index is -0.310.